The summed E-state index contributed by atoms with van der Waals surface area (Å²) in [7, 11) is 2.01. The van der Waals surface area contributed by atoms with Gasteiger partial charge in [0, 0.05) is 13.0 Å². The molecule has 39 heavy (non-hydrogen) atoms. The number of carbonyl (C=O) groups is 1. The highest BCUT2D eigenvalue weighted by Gasteiger charge is 2.19. The molecule has 0 spiro atoms. The van der Waals surface area contributed by atoms with Crippen LogP contribution in [-0.4, -0.2) is 36.8 Å². The Kier molecular flexibility index (Phi) is 10.6. The quantitative estimate of drug-likeness (QED) is 0.313. The smallest absolute Gasteiger partial charge is 0.181 e. The number of hydrogen-bond donors (Lipinski definition) is 1. The van der Waals surface area contributed by atoms with Crippen LogP contribution in [0.5, 0.6) is 0 Å². The van der Waals surface area contributed by atoms with E-state index in [-0.39, 0.29) is 11.8 Å². The molecule has 2 aliphatic rings. The number of benzene rings is 2. The molecule has 5 heteroatoms. The van der Waals surface area contributed by atoms with E-state index in [1.807, 2.05) is 66.2 Å². The molecule has 0 amide bonds. The highest BCUT2D eigenvalue weighted by molar-refractivity contribution is 5.85. The first-order chi connectivity index (χ1) is 19.1. The maximum absolute atomic E-state index is 13.4. The Balaban J connectivity index is 1.29. The maximum atomic E-state index is 13.4. The second kappa shape index (κ2) is 14.8. The minimum atomic E-state index is -0.325. The Bertz CT molecular complexity index is 1310. The van der Waals surface area contributed by atoms with Crippen LogP contribution < -0.4 is 5.32 Å². The molecular weight excluding hydrogens is 482 g/mol. The maximum Gasteiger partial charge on any atom is 0.181 e. The molecule has 1 aliphatic carbocycles. The number of rotatable bonds is 13. The highest BCUT2D eigenvalue weighted by atomic mass is 16.5. The standard InChI is InChI=1S/C34H38N3O2/c1-37-24-30(25-37)26-39-32-13-7-2-4-9-27(19-20-32)10-8-14-33(38)34(31-11-5-3-6-12-31)36-22-21-28-15-17-29(23-35)18-16-28/h3,5-6,9,11-13,15-20,24-25,34,36H,2,4,7-8,10,14,21-22,26H2,1H3/q+1/b20-19?,27-9+,32-13?. The number of carbonyl (C=O) groups excluding carboxylic acids is 1. The molecule has 5 nitrogen and oxygen atoms in total. The van der Waals surface area contributed by atoms with Gasteiger partial charge in [0.2, 0.25) is 0 Å². The average molecular weight is 521 g/mol. The predicted molar refractivity (Wildman–Crippen MR) is 156 cm³/mol. The third-order valence-corrected chi connectivity index (χ3v) is 6.96. The van der Waals surface area contributed by atoms with Gasteiger partial charge in [0.15, 0.2) is 18.2 Å². The summed E-state index contributed by atoms with van der Waals surface area (Å²) in [5.74, 6) is 1.13. The minimum absolute atomic E-state index is 0.215. The lowest BCUT2D eigenvalue weighted by molar-refractivity contribution is -0.429. The lowest BCUT2D eigenvalue weighted by Gasteiger charge is -2.18. The van der Waals surface area contributed by atoms with Crippen LogP contribution in [0.3, 0.4) is 0 Å². The van der Waals surface area contributed by atoms with Crippen molar-refractivity contribution in [2.75, 3.05) is 20.2 Å². The first-order valence-corrected chi connectivity index (χ1v) is 13.9. The summed E-state index contributed by atoms with van der Waals surface area (Å²) in [6, 6.07) is 19.4. The molecule has 4 rings (SSSR count). The highest BCUT2D eigenvalue weighted by Crippen LogP contribution is 2.21. The average Bonchev–Trinajstić information content (AvgIpc) is 3.06. The van der Waals surface area contributed by atoms with Gasteiger partial charge in [-0.3, -0.25) is 4.79 Å². The topological polar surface area (TPSA) is 65.1 Å². The van der Waals surface area contributed by atoms with Crippen molar-refractivity contribution in [3.63, 3.8) is 0 Å². The molecule has 1 atom stereocenters. The van der Waals surface area contributed by atoms with Crippen LogP contribution >= 0.6 is 0 Å². The Morgan fingerprint density at radius 3 is 2.54 bits per heavy atom. The van der Waals surface area contributed by atoms with Crippen molar-refractivity contribution in [1.82, 2.24) is 5.32 Å². The van der Waals surface area contributed by atoms with Gasteiger partial charge in [-0.25, -0.2) is 4.58 Å². The number of allylic oxidation sites excluding steroid dienone is 5. The lowest BCUT2D eigenvalue weighted by atomic mass is 9.97. The summed E-state index contributed by atoms with van der Waals surface area (Å²) in [6.07, 6.45) is 19.0. The number of hydrogen-bond acceptors (Lipinski definition) is 4. The number of nitriles is 1. The van der Waals surface area contributed by atoms with E-state index in [1.165, 1.54) is 11.1 Å². The molecule has 0 radical (unpaired) electrons. The van der Waals surface area contributed by atoms with Crippen LogP contribution in [-0.2, 0) is 16.0 Å². The lowest BCUT2D eigenvalue weighted by Crippen LogP contribution is -2.30. The number of nitrogens with one attached hydrogen (secondary N) is 1. The van der Waals surface area contributed by atoms with Crippen molar-refractivity contribution in [3.05, 3.63) is 119 Å². The molecular formula is C34H38N3O2+. The molecule has 0 saturated carbocycles. The van der Waals surface area contributed by atoms with E-state index in [9.17, 15) is 4.79 Å². The fourth-order valence-corrected chi connectivity index (χ4v) is 4.80. The van der Waals surface area contributed by atoms with Gasteiger partial charge in [-0.15, -0.1) is 0 Å². The summed E-state index contributed by atoms with van der Waals surface area (Å²) in [4.78, 5) is 13.4. The van der Waals surface area contributed by atoms with E-state index in [4.69, 9.17) is 10.00 Å². The van der Waals surface area contributed by atoms with Crippen molar-refractivity contribution < 1.29 is 14.1 Å². The van der Waals surface area contributed by atoms with Crippen molar-refractivity contribution in [2.45, 2.75) is 51.0 Å². The molecule has 1 aliphatic heterocycles. The largest absolute Gasteiger partial charge is 0.489 e. The third-order valence-electron chi connectivity index (χ3n) is 6.96. The summed E-state index contributed by atoms with van der Waals surface area (Å²) < 4.78 is 8.05. The fraction of sp³-hybridized carbons (Fsp3) is 0.324. The van der Waals surface area contributed by atoms with Gasteiger partial charge in [-0.05, 0) is 73.9 Å². The van der Waals surface area contributed by atoms with Gasteiger partial charge in [0.1, 0.15) is 25.0 Å². The van der Waals surface area contributed by atoms with Crippen molar-refractivity contribution in [2.24, 2.45) is 0 Å². The summed E-state index contributed by atoms with van der Waals surface area (Å²) >= 11 is 0. The van der Waals surface area contributed by atoms with E-state index in [2.05, 4.69) is 48.1 Å². The Morgan fingerprint density at radius 2 is 1.79 bits per heavy atom. The Hall–Kier alpha value is -4.01. The minimum Gasteiger partial charge on any atom is -0.489 e. The molecule has 1 N–H and O–H groups in total. The second-order valence-electron chi connectivity index (χ2n) is 10.1. The summed E-state index contributed by atoms with van der Waals surface area (Å²) in [6.45, 7) is 1.28. The van der Waals surface area contributed by atoms with E-state index in [0.717, 1.165) is 55.4 Å². The molecule has 2 aromatic carbocycles. The van der Waals surface area contributed by atoms with E-state index in [0.29, 0.717) is 25.1 Å². The molecule has 0 aromatic heterocycles. The molecule has 1 heterocycles. The SMILES string of the molecule is C[N+]1=CC(COC2=CCCC/C=C(\CCCC(=O)C(NCCc3ccc(C#N)cc3)c3ccccc3)C=C2)=C1. The number of ether oxygens (including phenoxy) is 1. The molecule has 200 valence electrons. The van der Waals surface area contributed by atoms with Gasteiger partial charge in [0.05, 0.1) is 17.7 Å². The predicted octanol–water partition coefficient (Wildman–Crippen LogP) is 6.35. The van der Waals surface area contributed by atoms with E-state index >= 15 is 0 Å². The van der Waals surface area contributed by atoms with Crippen LogP contribution in [0.4, 0.5) is 0 Å². The fourth-order valence-electron chi connectivity index (χ4n) is 4.80. The molecule has 1 unspecified atom stereocenters. The Morgan fingerprint density at radius 1 is 1.03 bits per heavy atom. The van der Waals surface area contributed by atoms with Crippen LogP contribution in [0.25, 0.3) is 0 Å². The van der Waals surface area contributed by atoms with E-state index in [1.54, 1.807) is 0 Å². The molecule has 0 saturated heterocycles. The van der Waals surface area contributed by atoms with Crippen molar-refractivity contribution in [3.8, 4) is 6.07 Å². The van der Waals surface area contributed by atoms with Gasteiger partial charge in [-0.1, -0.05) is 60.2 Å². The van der Waals surface area contributed by atoms with Gasteiger partial charge in [-0.2, -0.15) is 5.26 Å². The number of ketones is 1. The normalized spacial score (nSPS) is 17.0. The van der Waals surface area contributed by atoms with Gasteiger partial charge < -0.3 is 10.1 Å². The van der Waals surface area contributed by atoms with Crippen LogP contribution in [0, 0.1) is 11.3 Å². The molecule has 0 fully saturated rings. The van der Waals surface area contributed by atoms with Crippen LogP contribution in [0.2, 0.25) is 0 Å². The zero-order valence-electron chi connectivity index (χ0n) is 22.8. The van der Waals surface area contributed by atoms with Crippen molar-refractivity contribution in [1.29, 1.82) is 5.26 Å². The molecule has 2 aromatic rings. The second-order valence-corrected chi connectivity index (χ2v) is 10.1. The van der Waals surface area contributed by atoms with Crippen LogP contribution in [0.15, 0.2) is 102 Å². The third kappa shape index (κ3) is 9.05. The van der Waals surface area contributed by atoms with Crippen molar-refractivity contribution >= 4 is 12.0 Å². The van der Waals surface area contributed by atoms with Gasteiger partial charge >= 0.3 is 0 Å². The zero-order chi connectivity index (χ0) is 27.3. The monoisotopic (exact) mass is 520 g/mol. The van der Waals surface area contributed by atoms with E-state index < -0.39 is 0 Å². The summed E-state index contributed by atoms with van der Waals surface area (Å²) in [5, 5.41) is 12.5. The zero-order valence-corrected chi connectivity index (χ0v) is 22.8. The first kappa shape index (κ1) is 28.0. The first-order valence-electron chi connectivity index (χ1n) is 13.9. The number of nitrogens with zero attached hydrogens (tertiary/aromatic N) is 2. The Labute approximate surface area is 232 Å². The molecule has 0 bridgehead atoms. The summed E-state index contributed by atoms with van der Waals surface area (Å²) in [5.41, 5.74) is 5.26. The number of Topliss-reactive ketones (excluding diaryl/α,β-unsaturated/α-hetero) is 1. The van der Waals surface area contributed by atoms with Gasteiger partial charge in [0.25, 0.3) is 0 Å². The van der Waals surface area contributed by atoms with Crippen LogP contribution in [0.1, 0.15) is 61.3 Å².